The molecule has 0 unspecified atom stereocenters. The lowest BCUT2D eigenvalue weighted by Crippen LogP contribution is -2.20. The van der Waals surface area contributed by atoms with Crippen molar-refractivity contribution in [2.75, 3.05) is 16.4 Å². The van der Waals surface area contributed by atoms with Crippen molar-refractivity contribution in [2.24, 2.45) is 0 Å². The molecule has 0 radical (unpaired) electrons. The second-order valence-corrected chi connectivity index (χ2v) is 9.55. The summed E-state index contributed by atoms with van der Waals surface area (Å²) in [4.78, 5) is 0. The molecule has 4 rings (SSSR count). The summed E-state index contributed by atoms with van der Waals surface area (Å²) in [6.07, 6.45) is -8.98. The standard InChI is InChI=1S/C29H22F6N2S2/c30-28(31,32)23-15-24(29(33,34)35)17-26(16-23)37-27(39)36-25-11-9-22(10-12-25)21-7-5-20(6-8-21)19-3-1-18(2-4-19)13-14-38/h1-12,15-17,38H,13-14H2,(H2,36,37,39). The van der Waals surface area contributed by atoms with Gasteiger partial charge in [-0.15, -0.1) is 0 Å². The number of aryl methyl sites for hydroxylation is 1. The summed E-state index contributed by atoms with van der Waals surface area (Å²) < 4.78 is 78.6. The number of hydrogen-bond donors (Lipinski definition) is 3. The fourth-order valence-electron chi connectivity index (χ4n) is 3.91. The van der Waals surface area contributed by atoms with Gasteiger partial charge in [0, 0.05) is 11.4 Å². The number of anilines is 2. The smallest absolute Gasteiger partial charge is 0.332 e. The number of hydrogen-bond acceptors (Lipinski definition) is 2. The first-order chi connectivity index (χ1) is 18.4. The van der Waals surface area contributed by atoms with Crippen LogP contribution in [0.5, 0.6) is 0 Å². The Morgan fingerprint density at radius 1 is 0.590 bits per heavy atom. The third-order valence-electron chi connectivity index (χ3n) is 5.89. The number of thiol groups is 1. The number of nitrogens with one attached hydrogen (secondary N) is 2. The van der Waals surface area contributed by atoms with Gasteiger partial charge in [0.05, 0.1) is 11.1 Å². The molecule has 0 saturated carbocycles. The minimum absolute atomic E-state index is 0.0631. The molecule has 0 amide bonds. The van der Waals surface area contributed by atoms with E-state index in [4.69, 9.17) is 12.2 Å². The largest absolute Gasteiger partial charge is 0.416 e. The second-order valence-electron chi connectivity index (χ2n) is 8.70. The Hall–Kier alpha value is -3.50. The minimum Gasteiger partial charge on any atom is -0.332 e. The van der Waals surface area contributed by atoms with Crippen molar-refractivity contribution < 1.29 is 26.3 Å². The fourth-order valence-corrected chi connectivity index (χ4v) is 4.41. The highest BCUT2D eigenvalue weighted by Crippen LogP contribution is 2.37. The molecule has 4 aromatic carbocycles. The van der Waals surface area contributed by atoms with Crippen LogP contribution in [0, 0.1) is 0 Å². The average Bonchev–Trinajstić information content (AvgIpc) is 2.89. The lowest BCUT2D eigenvalue weighted by Gasteiger charge is -2.16. The van der Waals surface area contributed by atoms with E-state index in [1.807, 2.05) is 36.4 Å². The van der Waals surface area contributed by atoms with Crippen LogP contribution in [0.4, 0.5) is 37.7 Å². The number of alkyl halides is 6. The van der Waals surface area contributed by atoms with E-state index in [1.165, 1.54) is 5.56 Å². The van der Waals surface area contributed by atoms with E-state index in [0.29, 0.717) is 17.8 Å². The van der Waals surface area contributed by atoms with Gasteiger partial charge in [-0.2, -0.15) is 39.0 Å². The van der Waals surface area contributed by atoms with E-state index in [2.05, 4.69) is 47.5 Å². The zero-order valence-corrected chi connectivity index (χ0v) is 21.9. The van der Waals surface area contributed by atoms with Crippen molar-refractivity contribution in [1.29, 1.82) is 0 Å². The zero-order valence-electron chi connectivity index (χ0n) is 20.2. The Labute approximate surface area is 232 Å². The van der Waals surface area contributed by atoms with Gasteiger partial charge in [-0.3, -0.25) is 0 Å². The molecule has 2 nitrogen and oxygen atoms in total. The average molecular weight is 577 g/mol. The quantitative estimate of drug-likeness (QED) is 0.121. The Morgan fingerprint density at radius 3 is 1.38 bits per heavy atom. The molecule has 0 heterocycles. The molecular weight excluding hydrogens is 554 g/mol. The van der Waals surface area contributed by atoms with Gasteiger partial charge in [-0.1, -0.05) is 60.7 Å². The maximum absolute atomic E-state index is 13.1. The van der Waals surface area contributed by atoms with Crippen molar-refractivity contribution in [3.8, 4) is 22.3 Å². The van der Waals surface area contributed by atoms with Gasteiger partial charge < -0.3 is 10.6 Å². The summed E-state index contributed by atoms with van der Waals surface area (Å²) in [5, 5.41) is 5.04. The summed E-state index contributed by atoms with van der Waals surface area (Å²) in [5.74, 6) is 0.795. The number of rotatable bonds is 6. The molecule has 2 N–H and O–H groups in total. The van der Waals surface area contributed by atoms with Crippen molar-refractivity contribution in [1.82, 2.24) is 0 Å². The molecule has 0 spiro atoms. The monoisotopic (exact) mass is 576 g/mol. The molecule has 0 atom stereocenters. The molecule has 4 aromatic rings. The molecule has 202 valence electrons. The van der Waals surface area contributed by atoms with Gasteiger partial charge in [-0.25, -0.2) is 0 Å². The van der Waals surface area contributed by atoms with Gasteiger partial charge in [0.25, 0.3) is 0 Å². The number of benzene rings is 4. The lowest BCUT2D eigenvalue weighted by molar-refractivity contribution is -0.143. The molecule has 0 aromatic heterocycles. The highest BCUT2D eigenvalue weighted by molar-refractivity contribution is 7.80. The molecule has 0 aliphatic carbocycles. The molecule has 0 fully saturated rings. The first kappa shape index (κ1) is 28.5. The molecule has 0 saturated heterocycles. The van der Waals surface area contributed by atoms with E-state index in [9.17, 15) is 26.3 Å². The van der Waals surface area contributed by atoms with Crippen LogP contribution in [0.15, 0.2) is 91.0 Å². The predicted molar refractivity (Wildman–Crippen MR) is 151 cm³/mol. The van der Waals surface area contributed by atoms with Crippen molar-refractivity contribution >= 4 is 41.3 Å². The van der Waals surface area contributed by atoms with E-state index in [1.54, 1.807) is 12.1 Å². The Kier molecular flexibility index (Phi) is 8.56. The zero-order chi connectivity index (χ0) is 28.2. The third kappa shape index (κ3) is 7.54. The number of halogens is 6. The maximum atomic E-state index is 13.1. The topological polar surface area (TPSA) is 24.1 Å². The van der Waals surface area contributed by atoms with Gasteiger partial charge in [0.2, 0.25) is 0 Å². The van der Waals surface area contributed by atoms with Gasteiger partial charge in [-0.05, 0) is 82.5 Å². The highest BCUT2D eigenvalue weighted by Gasteiger charge is 2.37. The number of thiocarbonyl (C=S) groups is 1. The predicted octanol–water partition coefficient (Wildman–Crippen LogP) is 9.34. The molecule has 39 heavy (non-hydrogen) atoms. The van der Waals surface area contributed by atoms with Crippen LogP contribution in [0.2, 0.25) is 0 Å². The summed E-state index contributed by atoms with van der Waals surface area (Å²) >= 11 is 9.37. The Balaban J connectivity index is 1.43. The Bertz CT molecular complexity index is 1400. The van der Waals surface area contributed by atoms with Crippen LogP contribution in [0.1, 0.15) is 16.7 Å². The summed E-state index contributed by atoms with van der Waals surface area (Å²) in [7, 11) is 0. The summed E-state index contributed by atoms with van der Waals surface area (Å²) in [6, 6.07) is 24.7. The van der Waals surface area contributed by atoms with E-state index >= 15 is 0 Å². The summed E-state index contributed by atoms with van der Waals surface area (Å²) in [6.45, 7) is 0. The van der Waals surface area contributed by atoms with Crippen LogP contribution < -0.4 is 10.6 Å². The normalized spacial score (nSPS) is 11.8. The van der Waals surface area contributed by atoms with Crippen molar-refractivity contribution in [3.63, 3.8) is 0 Å². The molecule has 0 aliphatic rings. The third-order valence-corrected chi connectivity index (χ3v) is 6.32. The van der Waals surface area contributed by atoms with E-state index in [-0.39, 0.29) is 11.2 Å². The van der Waals surface area contributed by atoms with E-state index < -0.39 is 29.2 Å². The molecule has 10 heteroatoms. The van der Waals surface area contributed by atoms with Crippen LogP contribution in [-0.4, -0.2) is 10.9 Å². The second kappa shape index (κ2) is 11.7. The summed E-state index contributed by atoms with van der Waals surface area (Å²) in [5.41, 5.74) is 2.54. The van der Waals surface area contributed by atoms with Crippen LogP contribution in [-0.2, 0) is 18.8 Å². The first-order valence-electron chi connectivity index (χ1n) is 11.7. The SMILES string of the molecule is FC(F)(F)c1cc(NC(=S)Nc2ccc(-c3ccc(-c4ccc(CCS)cc4)cc3)cc2)cc(C(F)(F)F)c1. The van der Waals surface area contributed by atoms with Gasteiger partial charge in [0.15, 0.2) is 5.11 Å². The highest BCUT2D eigenvalue weighted by atomic mass is 32.1. The lowest BCUT2D eigenvalue weighted by atomic mass is 9.99. The van der Waals surface area contributed by atoms with Crippen LogP contribution in [0.25, 0.3) is 22.3 Å². The minimum atomic E-state index is -4.95. The molecule has 0 aliphatic heterocycles. The molecule has 0 bridgehead atoms. The fraction of sp³-hybridized carbons (Fsp3) is 0.138. The van der Waals surface area contributed by atoms with Crippen molar-refractivity contribution in [3.05, 3.63) is 108 Å². The maximum Gasteiger partial charge on any atom is 0.416 e. The Morgan fingerprint density at radius 2 is 0.974 bits per heavy atom. The van der Waals surface area contributed by atoms with Crippen molar-refractivity contribution in [2.45, 2.75) is 18.8 Å². The first-order valence-corrected chi connectivity index (χ1v) is 12.7. The van der Waals surface area contributed by atoms with Gasteiger partial charge in [0.1, 0.15) is 0 Å². The van der Waals surface area contributed by atoms with Crippen LogP contribution in [0.3, 0.4) is 0 Å². The molecular formula is C29H22F6N2S2. The van der Waals surface area contributed by atoms with Crippen LogP contribution >= 0.6 is 24.8 Å². The van der Waals surface area contributed by atoms with E-state index in [0.717, 1.165) is 34.4 Å². The van der Waals surface area contributed by atoms with Gasteiger partial charge >= 0.3 is 12.4 Å².